The number of nitro groups is 1. The first-order valence-electron chi connectivity index (χ1n) is 6.61. The summed E-state index contributed by atoms with van der Waals surface area (Å²) in [5.74, 6) is -2.49. The van der Waals surface area contributed by atoms with Crippen LogP contribution < -0.4 is 10.1 Å². The van der Waals surface area contributed by atoms with Gasteiger partial charge in [-0.25, -0.2) is 4.79 Å². The first-order chi connectivity index (χ1) is 11.4. The molecule has 0 unspecified atom stereocenters. The van der Waals surface area contributed by atoms with E-state index < -0.39 is 29.2 Å². The van der Waals surface area contributed by atoms with Gasteiger partial charge in [-0.2, -0.15) is 0 Å². The van der Waals surface area contributed by atoms with Crippen molar-refractivity contribution in [3.63, 3.8) is 0 Å². The number of nitrogens with one attached hydrogen (secondary N) is 1. The number of aromatic carboxylic acids is 1. The monoisotopic (exact) mass is 332 g/mol. The van der Waals surface area contributed by atoms with Gasteiger partial charge in [-0.3, -0.25) is 14.9 Å². The molecule has 0 saturated heterocycles. The van der Waals surface area contributed by atoms with E-state index in [-0.39, 0.29) is 22.7 Å². The first-order valence-corrected chi connectivity index (χ1v) is 6.61. The van der Waals surface area contributed by atoms with E-state index in [9.17, 15) is 24.8 Å². The van der Waals surface area contributed by atoms with Crippen molar-refractivity contribution in [3.8, 4) is 11.5 Å². The molecule has 124 valence electrons. The third-order valence-corrected chi connectivity index (χ3v) is 2.93. The maximum Gasteiger partial charge on any atom is 0.339 e. The SMILES string of the molecule is O=C(COc1ccccc1[N+](=O)[O-])Nc1ccc(O)c(C(=O)O)c1. The van der Waals surface area contributed by atoms with Gasteiger partial charge in [0, 0.05) is 11.8 Å². The molecule has 2 aromatic carbocycles. The molecule has 9 nitrogen and oxygen atoms in total. The van der Waals surface area contributed by atoms with Gasteiger partial charge in [-0.05, 0) is 24.3 Å². The Bertz CT molecular complexity index is 804. The molecule has 0 aliphatic carbocycles. The van der Waals surface area contributed by atoms with Crippen LogP contribution in [0.2, 0.25) is 0 Å². The molecule has 0 aliphatic heterocycles. The Labute approximate surface area is 135 Å². The highest BCUT2D eigenvalue weighted by atomic mass is 16.6. The minimum Gasteiger partial charge on any atom is -0.507 e. The van der Waals surface area contributed by atoms with Crippen molar-refractivity contribution < 1.29 is 29.5 Å². The molecule has 9 heteroatoms. The Balaban J connectivity index is 2.03. The summed E-state index contributed by atoms with van der Waals surface area (Å²) in [6, 6.07) is 9.11. The molecule has 0 fully saturated rings. The fourth-order valence-corrected chi connectivity index (χ4v) is 1.86. The number of carbonyl (C=O) groups excluding carboxylic acids is 1. The zero-order valence-corrected chi connectivity index (χ0v) is 12.1. The average molecular weight is 332 g/mol. The smallest absolute Gasteiger partial charge is 0.339 e. The fraction of sp³-hybridized carbons (Fsp3) is 0.0667. The molecule has 2 aromatic rings. The number of hydrogen-bond donors (Lipinski definition) is 3. The van der Waals surface area contributed by atoms with E-state index in [0.717, 1.165) is 12.1 Å². The van der Waals surface area contributed by atoms with Gasteiger partial charge in [0.25, 0.3) is 5.91 Å². The fourth-order valence-electron chi connectivity index (χ4n) is 1.86. The molecule has 0 bridgehead atoms. The number of nitrogens with zero attached hydrogens (tertiary/aromatic N) is 1. The zero-order valence-electron chi connectivity index (χ0n) is 12.1. The Hall–Kier alpha value is -3.62. The van der Waals surface area contributed by atoms with Crippen molar-refractivity contribution in [2.45, 2.75) is 0 Å². The lowest BCUT2D eigenvalue weighted by molar-refractivity contribution is -0.385. The lowest BCUT2D eigenvalue weighted by Crippen LogP contribution is -2.20. The Morgan fingerprint density at radius 3 is 2.58 bits per heavy atom. The van der Waals surface area contributed by atoms with Crippen LogP contribution in [0.15, 0.2) is 42.5 Å². The van der Waals surface area contributed by atoms with Crippen LogP contribution in [0.3, 0.4) is 0 Å². The number of nitro benzene ring substituents is 1. The van der Waals surface area contributed by atoms with Gasteiger partial charge >= 0.3 is 11.7 Å². The third-order valence-electron chi connectivity index (χ3n) is 2.93. The molecule has 0 saturated carbocycles. The van der Waals surface area contributed by atoms with Gasteiger partial charge in [0.1, 0.15) is 11.3 Å². The topological polar surface area (TPSA) is 139 Å². The third kappa shape index (κ3) is 3.97. The highest BCUT2D eigenvalue weighted by Crippen LogP contribution is 2.26. The van der Waals surface area contributed by atoms with Crippen molar-refractivity contribution >= 4 is 23.3 Å². The Morgan fingerprint density at radius 2 is 1.92 bits per heavy atom. The molecule has 0 aromatic heterocycles. The van der Waals surface area contributed by atoms with Gasteiger partial charge in [-0.15, -0.1) is 0 Å². The second-order valence-electron chi connectivity index (χ2n) is 4.60. The van der Waals surface area contributed by atoms with Crippen molar-refractivity contribution in [2.24, 2.45) is 0 Å². The van der Waals surface area contributed by atoms with E-state index in [4.69, 9.17) is 9.84 Å². The molecule has 2 rings (SSSR count). The quantitative estimate of drug-likeness (QED) is 0.417. The van der Waals surface area contributed by atoms with Gasteiger partial charge in [0.05, 0.1) is 4.92 Å². The van der Waals surface area contributed by atoms with E-state index >= 15 is 0 Å². The van der Waals surface area contributed by atoms with Crippen molar-refractivity contribution in [2.75, 3.05) is 11.9 Å². The molecular weight excluding hydrogens is 320 g/mol. The largest absolute Gasteiger partial charge is 0.507 e. The Morgan fingerprint density at radius 1 is 1.21 bits per heavy atom. The normalized spacial score (nSPS) is 10.0. The number of amides is 1. The number of anilines is 1. The highest BCUT2D eigenvalue weighted by Gasteiger charge is 2.16. The summed E-state index contributed by atoms with van der Waals surface area (Å²) in [5.41, 5.74) is -0.503. The lowest BCUT2D eigenvalue weighted by Gasteiger charge is -2.09. The number of carboxylic acids is 1. The molecule has 0 spiro atoms. The first kappa shape index (κ1) is 16.7. The summed E-state index contributed by atoms with van der Waals surface area (Å²) in [6.07, 6.45) is 0. The number of phenols is 1. The lowest BCUT2D eigenvalue weighted by atomic mass is 10.2. The number of hydrogen-bond acceptors (Lipinski definition) is 6. The van der Waals surface area contributed by atoms with Crippen molar-refractivity contribution in [1.82, 2.24) is 0 Å². The Kier molecular flexibility index (Phi) is 4.95. The molecule has 0 heterocycles. The standard InChI is InChI=1S/C15H12N2O7/c18-12-6-5-9(7-10(12)15(20)21)16-14(19)8-24-13-4-2-1-3-11(13)17(22)23/h1-7,18H,8H2,(H,16,19)(H,20,21). The van der Waals surface area contributed by atoms with Crippen LogP contribution in [-0.4, -0.2) is 33.6 Å². The number of para-hydroxylation sites is 2. The minimum atomic E-state index is -1.35. The zero-order chi connectivity index (χ0) is 17.7. The van der Waals surface area contributed by atoms with E-state index in [2.05, 4.69) is 5.32 Å². The molecule has 0 radical (unpaired) electrons. The van der Waals surface area contributed by atoms with E-state index in [1.165, 1.54) is 30.3 Å². The molecule has 24 heavy (non-hydrogen) atoms. The van der Waals surface area contributed by atoms with E-state index in [1.54, 1.807) is 0 Å². The van der Waals surface area contributed by atoms with Crippen LogP contribution in [-0.2, 0) is 4.79 Å². The van der Waals surface area contributed by atoms with Crippen LogP contribution in [0.25, 0.3) is 0 Å². The van der Waals surface area contributed by atoms with Gasteiger partial charge < -0.3 is 20.3 Å². The number of carbonyl (C=O) groups is 2. The van der Waals surface area contributed by atoms with Gasteiger partial charge in [-0.1, -0.05) is 12.1 Å². The maximum absolute atomic E-state index is 11.8. The van der Waals surface area contributed by atoms with Crippen LogP contribution >= 0.6 is 0 Å². The highest BCUT2D eigenvalue weighted by molar-refractivity contribution is 5.96. The summed E-state index contributed by atoms with van der Waals surface area (Å²) in [6.45, 7) is -0.506. The maximum atomic E-state index is 11.8. The van der Waals surface area contributed by atoms with Crippen LogP contribution in [0.4, 0.5) is 11.4 Å². The summed E-state index contributed by atoms with van der Waals surface area (Å²) >= 11 is 0. The molecular formula is C15H12N2O7. The van der Waals surface area contributed by atoms with Gasteiger partial charge in [0.2, 0.25) is 0 Å². The summed E-state index contributed by atoms with van der Waals surface area (Å²) in [5, 5.41) is 31.5. The van der Waals surface area contributed by atoms with Crippen LogP contribution in [0.5, 0.6) is 11.5 Å². The number of aromatic hydroxyl groups is 1. The molecule has 0 atom stereocenters. The second kappa shape index (κ2) is 7.09. The summed E-state index contributed by atoms with van der Waals surface area (Å²) in [7, 11) is 0. The van der Waals surface area contributed by atoms with Crippen LogP contribution in [0.1, 0.15) is 10.4 Å². The number of ether oxygens (including phenoxy) is 1. The van der Waals surface area contributed by atoms with Gasteiger partial charge in [0.15, 0.2) is 12.4 Å². The number of rotatable bonds is 6. The van der Waals surface area contributed by atoms with Crippen molar-refractivity contribution in [1.29, 1.82) is 0 Å². The molecule has 3 N–H and O–H groups in total. The van der Waals surface area contributed by atoms with Crippen LogP contribution in [0, 0.1) is 10.1 Å². The summed E-state index contributed by atoms with van der Waals surface area (Å²) < 4.78 is 5.11. The summed E-state index contributed by atoms with van der Waals surface area (Å²) in [4.78, 5) is 32.9. The number of benzene rings is 2. The number of carboxylic acid groups (broad SMARTS) is 1. The van der Waals surface area contributed by atoms with E-state index in [0.29, 0.717) is 0 Å². The predicted molar refractivity (Wildman–Crippen MR) is 82.3 cm³/mol. The van der Waals surface area contributed by atoms with Crippen molar-refractivity contribution in [3.05, 3.63) is 58.1 Å². The average Bonchev–Trinajstić information content (AvgIpc) is 2.54. The second-order valence-corrected chi connectivity index (χ2v) is 4.60. The molecule has 0 aliphatic rings. The minimum absolute atomic E-state index is 0.0606. The van der Waals surface area contributed by atoms with E-state index in [1.807, 2.05) is 0 Å². The predicted octanol–water partition coefficient (Wildman–Crippen LogP) is 2.02. The molecule has 1 amide bonds.